The van der Waals surface area contributed by atoms with Crippen LogP contribution < -0.4 is 4.74 Å². The van der Waals surface area contributed by atoms with Gasteiger partial charge in [0.15, 0.2) is 0 Å². The Balaban J connectivity index is 1.66. The molecule has 1 aromatic carbocycles. The summed E-state index contributed by atoms with van der Waals surface area (Å²) >= 11 is 0. The number of methoxy groups -OCH3 is 1. The van der Waals surface area contributed by atoms with E-state index >= 15 is 0 Å². The summed E-state index contributed by atoms with van der Waals surface area (Å²) in [6.07, 6.45) is -0.827. The topological polar surface area (TPSA) is 71.5 Å². The van der Waals surface area contributed by atoms with Crippen LogP contribution in [0.1, 0.15) is 12.5 Å². The molecule has 7 nitrogen and oxygen atoms in total. The molecule has 0 spiro atoms. The Labute approximate surface area is 149 Å². The largest absolute Gasteiger partial charge is 0.496 e. The third-order valence-electron chi connectivity index (χ3n) is 4.13. The van der Waals surface area contributed by atoms with E-state index in [2.05, 4.69) is 4.90 Å². The summed E-state index contributed by atoms with van der Waals surface area (Å²) < 4.78 is 15.9. The lowest BCUT2D eigenvalue weighted by Crippen LogP contribution is -2.50. The quantitative estimate of drug-likeness (QED) is 0.761. The number of rotatable bonds is 8. The first-order valence-corrected chi connectivity index (χ1v) is 8.65. The molecule has 1 fully saturated rings. The Morgan fingerprint density at radius 2 is 1.96 bits per heavy atom. The van der Waals surface area contributed by atoms with Crippen molar-refractivity contribution < 1.29 is 24.1 Å². The number of piperazine rings is 1. The van der Waals surface area contributed by atoms with Gasteiger partial charge >= 0.3 is 6.09 Å². The molecule has 1 aliphatic heterocycles. The van der Waals surface area contributed by atoms with Crippen molar-refractivity contribution in [3.63, 3.8) is 0 Å². The van der Waals surface area contributed by atoms with Crippen molar-refractivity contribution in [2.45, 2.75) is 19.6 Å². The molecule has 1 heterocycles. The number of ether oxygens (including phenoxy) is 3. The normalized spacial score (nSPS) is 16.5. The van der Waals surface area contributed by atoms with Crippen LogP contribution in [0.15, 0.2) is 24.3 Å². The lowest BCUT2D eigenvalue weighted by atomic mass is 10.2. The number of nitrogens with zero attached hydrogens (tertiary/aromatic N) is 2. The van der Waals surface area contributed by atoms with Crippen LogP contribution in [0.3, 0.4) is 0 Å². The fourth-order valence-electron chi connectivity index (χ4n) is 2.81. The van der Waals surface area contributed by atoms with Gasteiger partial charge in [0, 0.05) is 38.3 Å². The summed E-state index contributed by atoms with van der Waals surface area (Å²) in [5.41, 5.74) is 0.959. The van der Waals surface area contributed by atoms with Gasteiger partial charge in [-0.05, 0) is 13.0 Å². The van der Waals surface area contributed by atoms with Gasteiger partial charge in [-0.25, -0.2) is 4.79 Å². The molecule has 2 rings (SSSR count). The number of hydrogen-bond acceptors (Lipinski definition) is 6. The van der Waals surface area contributed by atoms with E-state index in [0.29, 0.717) is 32.8 Å². The zero-order valence-electron chi connectivity index (χ0n) is 15.0. The third-order valence-corrected chi connectivity index (χ3v) is 4.13. The van der Waals surface area contributed by atoms with E-state index in [-0.39, 0.29) is 12.7 Å². The van der Waals surface area contributed by atoms with E-state index in [0.717, 1.165) is 24.4 Å². The monoisotopic (exact) mass is 352 g/mol. The molecule has 0 saturated carbocycles. The molecule has 7 heteroatoms. The fourth-order valence-corrected chi connectivity index (χ4v) is 2.81. The second-order valence-corrected chi connectivity index (χ2v) is 5.97. The molecular formula is C18H28N2O5. The minimum atomic E-state index is -0.566. The molecule has 1 unspecified atom stereocenters. The van der Waals surface area contributed by atoms with Crippen molar-refractivity contribution in [2.24, 2.45) is 0 Å². The number of carbonyl (C=O) groups excluding carboxylic acids is 1. The maximum absolute atomic E-state index is 11.7. The van der Waals surface area contributed by atoms with Crippen LogP contribution in [-0.2, 0) is 16.1 Å². The second-order valence-electron chi connectivity index (χ2n) is 5.97. The van der Waals surface area contributed by atoms with Crippen molar-refractivity contribution in [3.8, 4) is 5.75 Å². The lowest BCUT2D eigenvalue weighted by Gasteiger charge is -2.34. The standard InChI is InChI=1S/C18H28N2O5/c1-3-25-18(22)20-10-8-19(9-11-20)12-16(21)14-24-13-15-6-4-5-7-17(15)23-2/h4-7,16,21H,3,8-14H2,1-2H3. The highest BCUT2D eigenvalue weighted by molar-refractivity contribution is 5.67. The van der Waals surface area contributed by atoms with Crippen molar-refractivity contribution >= 4 is 6.09 Å². The predicted molar refractivity (Wildman–Crippen MR) is 93.7 cm³/mol. The first kappa shape index (κ1) is 19.5. The summed E-state index contributed by atoms with van der Waals surface area (Å²) in [4.78, 5) is 15.5. The molecule has 25 heavy (non-hydrogen) atoms. The van der Waals surface area contributed by atoms with E-state index < -0.39 is 6.10 Å². The van der Waals surface area contributed by atoms with E-state index in [1.807, 2.05) is 24.3 Å². The third kappa shape index (κ3) is 6.19. The van der Waals surface area contributed by atoms with Crippen LogP contribution in [0, 0.1) is 0 Å². The highest BCUT2D eigenvalue weighted by atomic mass is 16.6. The van der Waals surface area contributed by atoms with Gasteiger partial charge in [-0.15, -0.1) is 0 Å². The molecule has 0 aliphatic carbocycles. The van der Waals surface area contributed by atoms with Gasteiger partial charge in [-0.1, -0.05) is 18.2 Å². The Hall–Kier alpha value is -1.83. The number of amides is 1. The van der Waals surface area contributed by atoms with Gasteiger partial charge in [0.2, 0.25) is 0 Å². The van der Waals surface area contributed by atoms with Crippen molar-refractivity contribution in [3.05, 3.63) is 29.8 Å². The molecule has 1 aliphatic rings. The molecule has 1 atom stereocenters. The molecule has 1 aromatic rings. The number of aliphatic hydroxyl groups excluding tert-OH is 1. The van der Waals surface area contributed by atoms with Gasteiger partial charge in [-0.2, -0.15) is 0 Å². The minimum absolute atomic E-state index is 0.260. The highest BCUT2D eigenvalue weighted by Gasteiger charge is 2.23. The number of benzene rings is 1. The highest BCUT2D eigenvalue weighted by Crippen LogP contribution is 2.18. The fraction of sp³-hybridized carbons (Fsp3) is 0.611. The van der Waals surface area contributed by atoms with Crippen molar-refractivity contribution in [2.75, 3.05) is 53.0 Å². The van der Waals surface area contributed by atoms with Crippen LogP contribution in [0.4, 0.5) is 4.79 Å². The first-order chi connectivity index (χ1) is 12.1. The SMILES string of the molecule is CCOC(=O)N1CCN(CC(O)COCc2ccccc2OC)CC1. The van der Waals surface area contributed by atoms with Gasteiger partial charge in [0.25, 0.3) is 0 Å². The van der Waals surface area contributed by atoms with Crippen molar-refractivity contribution in [1.29, 1.82) is 0 Å². The van der Waals surface area contributed by atoms with Gasteiger partial charge in [0.05, 0.1) is 33.0 Å². The summed E-state index contributed by atoms with van der Waals surface area (Å²) in [7, 11) is 1.63. The first-order valence-electron chi connectivity index (χ1n) is 8.65. The predicted octanol–water partition coefficient (Wildman–Crippen LogP) is 1.35. The van der Waals surface area contributed by atoms with E-state index in [4.69, 9.17) is 14.2 Å². The Kier molecular flexibility index (Phi) is 7.97. The van der Waals surface area contributed by atoms with Gasteiger partial charge in [-0.3, -0.25) is 4.90 Å². The van der Waals surface area contributed by atoms with E-state index in [9.17, 15) is 9.90 Å². The Morgan fingerprint density at radius 1 is 1.24 bits per heavy atom. The smallest absolute Gasteiger partial charge is 0.409 e. The van der Waals surface area contributed by atoms with Crippen LogP contribution in [-0.4, -0.2) is 80.2 Å². The molecule has 1 saturated heterocycles. The maximum atomic E-state index is 11.7. The zero-order valence-corrected chi connectivity index (χ0v) is 15.0. The molecule has 1 N–H and O–H groups in total. The molecular weight excluding hydrogens is 324 g/mol. The summed E-state index contributed by atoms with van der Waals surface area (Å²) in [5.74, 6) is 0.784. The number of carbonyl (C=O) groups is 1. The summed E-state index contributed by atoms with van der Waals surface area (Å²) in [5, 5.41) is 10.2. The van der Waals surface area contributed by atoms with Crippen LogP contribution in [0.2, 0.25) is 0 Å². The lowest BCUT2D eigenvalue weighted by molar-refractivity contribution is 0.000804. The Morgan fingerprint density at radius 3 is 2.64 bits per heavy atom. The van der Waals surface area contributed by atoms with E-state index in [1.54, 1.807) is 18.9 Å². The summed E-state index contributed by atoms with van der Waals surface area (Å²) in [6, 6.07) is 7.67. The molecule has 0 aromatic heterocycles. The maximum Gasteiger partial charge on any atom is 0.409 e. The van der Waals surface area contributed by atoms with Crippen LogP contribution in [0.25, 0.3) is 0 Å². The second kappa shape index (κ2) is 10.2. The van der Waals surface area contributed by atoms with Crippen LogP contribution in [0.5, 0.6) is 5.75 Å². The molecule has 0 bridgehead atoms. The number of para-hydroxylation sites is 1. The average molecular weight is 352 g/mol. The average Bonchev–Trinajstić information content (AvgIpc) is 2.63. The minimum Gasteiger partial charge on any atom is -0.496 e. The molecule has 140 valence electrons. The number of aliphatic hydroxyl groups is 1. The molecule has 0 radical (unpaired) electrons. The summed E-state index contributed by atoms with van der Waals surface area (Å²) in [6.45, 7) is 6.07. The van der Waals surface area contributed by atoms with Crippen molar-refractivity contribution in [1.82, 2.24) is 9.80 Å². The van der Waals surface area contributed by atoms with Crippen LogP contribution >= 0.6 is 0 Å². The zero-order chi connectivity index (χ0) is 18.1. The van der Waals surface area contributed by atoms with E-state index in [1.165, 1.54) is 0 Å². The molecule has 1 amide bonds. The Bertz CT molecular complexity index is 532. The number of β-amino-alcohol motifs (C(OH)–C–C–N with tert-alkyl or cyclic N) is 1. The van der Waals surface area contributed by atoms with Gasteiger partial charge < -0.3 is 24.2 Å². The number of hydrogen-bond donors (Lipinski definition) is 1. The van der Waals surface area contributed by atoms with Gasteiger partial charge in [0.1, 0.15) is 5.75 Å².